The molecule has 0 saturated heterocycles. The number of hydrogen-bond donors (Lipinski definition) is 1. The van der Waals surface area contributed by atoms with Crippen LogP contribution in [-0.2, 0) is 12.8 Å². The predicted molar refractivity (Wildman–Crippen MR) is 86.5 cm³/mol. The number of hydrogen-bond acceptors (Lipinski definition) is 6. The van der Waals surface area contributed by atoms with Gasteiger partial charge in [0.25, 0.3) is 5.91 Å². The van der Waals surface area contributed by atoms with Crippen LogP contribution >= 0.6 is 22.7 Å². The molecule has 1 N–H and O–H groups in total. The first-order valence-corrected chi connectivity index (χ1v) is 8.73. The van der Waals surface area contributed by atoms with E-state index in [4.69, 9.17) is 4.42 Å². The number of carbonyl (C=O) groups is 1. The van der Waals surface area contributed by atoms with Crippen LogP contribution in [0.2, 0.25) is 0 Å². The van der Waals surface area contributed by atoms with E-state index in [0.29, 0.717) is 15.9 Å². The smallest absolute Gasteiger partial charge is 0.267 e. The lowest BCUT2D eigenvalue weighted by atomic mass is 9.99. The molecular weight excluding hydrogens is 318 g/mol. The van der Waals surface area contributed by atoms with E-state index in [1.165, 1.54) is 34.6 Å². The fourth-order valence-electron chi connectivity index (χ4n) is 2.53. The fraction of sp³-hybridized carbons (Fsp3) is 0.267. The van der Waals surface area contributed by atoms with Gasteiger partial charge in [0.1, 0.15) is 0 Å². The van der Waals surface area contributed by atoms with Crippen molar-refractivity contribution in [3.8, 4) is 10.8 Å². The molecule has 0 unspecified atom stereocenters. The average molecular weight is 331 g/mol. The molecule has 0 fully saturated rings. The fourth-order valence-corrected chi connectivity index (χ4v) is 4.39. The topological polar surface area (TPSA) is 68.0 Å². The summed E-state index contributed by atoms with van der Waals surface area (Å²) < 4.78 is 5.27. The molecule has 0 bridgehead atoms. The number of rotatable bonds is 3. The van der Waals surface area contributed by atoms with Gasteiger partial charge >= 0.3 is 0 Å². The summed E-state index contributed by atoms with van der Waals surface area (Å²) in [5, 5.41) is 12.0. The second-order valence-corrected chi connectivity index (χ2v) is 7.22. The molecule has 1 aliphatic rings. The van der Waals surface area contributed by atoms with Crippen LogP contribution in [0.4, 0.5) is 5.13 Å². The number of anilines is 1. The summed E-state index contributed by atoms with van der Waals surface area (Å²) in [5.74, 6) is 0.547. The minimum absolute atomic E-state index is 0.110. The maximum Gasteiger partial charge on any atom is 0.267 e. The highest BCUT2D eigenvalue weighted by Gasteiger charge is 2.18. The third-order valence-corrected chi connectivity index (χ3v) is 5.69. The first-order valence-electron chi connectivity index (χ1n) is 7.10. The number of aryl methyl sites for hydroxylation is 2. The lowest BCUT2D eigenvalue weighted by Gasteiger charge is -2.08. The van der Waals surface area contributed by atoms with Gasteiger partial charge < -0.3 is 4.42 Å². The first-order chi connectivity index (χ1) is 10.8. The van der Waals surface area contributed by atoms with Gasteiger partial charge in [0.2, 0.25) is 5.13 Å². The number of amides is 1. The molecular formula is C15H13N3O2S2. The van der Waals surface area contributed by atoms with E-state index in [1.54, 1.807) is 23.7 Å². The number of nitrogens with zero attached hydrogens (tertiary/aromatic N) is 2. The number of nitrogens with one attached hydrogen (secondary N) is 1. The Morgan fingerprint density at radius 1 is 1.23 bits per heavy atom. The van der Waals surface area contributed by atoms with Crippen molar-refractivity contribution in [1.29, 1.82) is 0 Å². The van der Waals surface area contributed by atoms with E-state index in [1.807, 2.05) is 12.1 Å². The van der Waals surface area contributed by atoms with Gasteiger partial charge in [-0.15, -0.1) is 21.5 Å². The van der Waals surface area contributed by atoms with Crippen molar-refractivity contribution < 1.29 is 9.21 Å². The molecule has 5 nitrogen and oxygen atoms in total. The molecule has 0 saturated carbocycles. The van der Waals surface area contributed by atoms with Crippen LogP contribution < -0.4 is 5.32 Å². The lowest BCUT2D eigenvalue weighted by molar-refractivity contribution is 0.103. The van der Waals surface area contributed by atoms with Crippen LogP contribution in [0.1, 0.15) is 33.0 Å². The molecule has 3 heterocycles. The summed E-state index contributed by atoms with van der Waals surface area (Å²) in [6.07, 6.45) is 6.20. The van der Waals surface area contributed by atoms with Gasteiger partial charge in [-0.05, 0) is 49.4 Å². The van der Waals surface area contributed by atoms with Gasteiger partial charge in [-0.1, -0.05) is 11.3 Å². The third kappa shape index (κ3) is 2.57. The molecule has 3 aromatic heterocycles. The Kier molecular flexibility index (Phi) is 3.51. The molecule has 4 rings (SSSR count). The van der Waals surface area contributed by atoms with Crippen molar-refractivity contribution in [3.63, 3.8) is 0 Å². The van der Waals surface area contributed by atoms with Crippen molar-refractivity contribution in [2.24, 2.45) is 0 Å². The zero-order chi connectivity index (χ0) is 14.9. The Labute approximate surface area is 135 Å². The summed E-state index contributed by atoms with van der Waals surface area (Å²) in [6.45, 7) is 0. The minimum Gasteiger partial charge on any atom is -0.462 e. The Hall–Kier alpha value is -1.99. The summed E-state index contributed by atoms with van der Waals surface area (Å²) in [5.41, 5.74) is 1.33. The maximum atomic E-state index is 12.3. The Bertz CT molecular complexity index is 781. The monoisotopic (exact) mass is 331 g/mol. The quantitative estimate of drug-likeness (QED) is 0.788. The first kappa shape index (κ1) is 13.7. The Balaban J connectivity index is 1.51. The van der Waals surface area contributed by atoms with Gasteiger partial charge in [-0.3, -0.25) is 10.1 Å². The molecule has 1 aliphatic carbocycles. The van der Waals surface area contributed by atoms with Crippen LogP contribution in [0, 0.1) is 0 Å². The normalized spacial score (nSPS) is 13.8. The molecule has 0 atom stereocenters. The van der Waals surface area contributed by atoms with Crippen LogP contribution in [0.25, 0.3) is 10.8 Å². The van der Waals surface area contributed by atoms with Crippen molar-refractivity contribution in [2.45, 2.75) is 25.7 Å². The van der Waals surface area contributed by atoms with Crippen LogP contribution in [0.3, 0.4) is 0 Å². The largest absolute Gasteiger partial charge is 0.462 e. The second-order valence-electron chi connectivity index (χ2n) is 5.11. The SMILES string of the molecule is O=C(Nc1nnc(-c2ccco2)s1)c1cc2c(s1)CCCC2. The van der Waals surface area contributed by atoms with Gasteiger partial charge in [0.05, 0.1) is 11.1 Å². The molecule has 3 aromatic rings. The molecule has 112 valence electrons. The zero-order valence-electron chi connectivity index (χ0n) is 11.7. The minimum atomic E-state index is -0.110. The molecule has 0 aliphatic heterocycles. The van der Waals surface area contributed by atoms with E-state index < -0.39 is 0 Å². The average Bonchev–Trinajstić information content (AvgIpc) is 3.26. The second kappa shape index (κ2) is 5.66. The summed E-state index contributed by atoms with van der Waals surface area (Å²) >= 11 is 2.90. The lowest BCUT2D eigenvalue weighted by Crippen LogP contribution is -2.09. The van der Waals surface area contributed by atoms with E-state index >= 15 is 0 Å². The van der Waals surface area contributed by atoms with E-state index in [0.717, 1.165) is 17.7 Å². The van der Waals surface area contributed by atoms with Crippen LogP contribution in [-0.4, -0.2) is 16.1 Å². The number of furan rings is 1. The highest BCUT2D eigenvalue weighted by molar-refractivity contribution is 7.18. The molecule has 0 spiro atoms. The van der Waals surface area contributed by atoms with Crippen molar-refractivity contribution in [1.82, 2.24) is 10.2 Å². The van der Waals surface area contributed by atoms with Gasteiger partial charge in [0, 0.05) is 4.88 Å². The van der Waals surface area contributed by atoms with Gasteiger partial charge in [-0.25, -0.2) is 0 Å². The summed E-state index contributed by atoms with van der Waals surface area (Å²) in [7, 11) is 0. The Morgan fingerprint density at radius 3 is 2.95 bits per heavy atom. The number of thiophene rings is 1. The van der Waals surface area contributed by atoms with E-state index in [9.17, 15) is 4.79 Å². The number of carbonyl (C=O) groups excluding carboxylic acids is 1. The third-order valence-electron chi connectivity index (χ3n) is 3.60. The van der Waals surface area contributed by atoms with Crippen molar-refractivity contribution in [2.75, 3.05) is 5.32 Å². The summed E-state index contributed by atoms with van der Waals surface area (Å²) in [6, 6.07) is 5.63. The van der Waals surface area contributed by atoms with E-state index in [2.05, 4.69) is 15.5 Å². The van der Waals surface area contributed by atoms with Crippen molar-refractivity contribution >= 4 is 33.7 Å². The Morgan fingerprint density at radius 2 is 2.14 bits per heavy atom. The molecule has 22 heavy (non-hydrogen) atoms. The molecule has 1 amide bonds. The maximum absolute atomic E-state index is 12.3. The molecule has 0 aromatic carbocycles. The number of fused-ring (bicyclic) bond motifs is 1. The number of aromatic nitrogens is 2. The summed E-state index contributed by atoms with van der Waals surface area (Å²) in [4.78, 5) is 14.4. The predicted octanol–water partition coefficient (Wildman–Crippen LogP) is 3.99. The molecule has 7 heteroatoms. The molecule has 0 radical (unpaired) electrons. The van der Waals surface area contributed by atoms with Gasteiger partial charge in [0.15, 0.2) is 10.8 Å². The van der Waals surface area contributed by atoms with E-state index in [-0.39, 0.29) is 5.91 Å². The van der Waals surface area contributed by atoms with Crippen LogP contribution in [0.15, 0.2) is 28.9 Å². The highest BCUT2D eigenvalue weighted by Crippen LogP contribution is 2.31. The van der Waals surface area contributed by atoms with Crippen LogP contribution in [0.5, 0.6) is 0 Å². The van der Waals surface area contributed by atoms with Gasteiger partial charge in [-0.2, -0.15) is 0 Å². The van der Waals surface area contributed by atoms with Crippen molar-refractivity contribution in [3.05, 3.63) is 39.8 Å². The standard InChI is InChI=1S/C15H13N3O2S2/c19-13(12-8-9-4-1-2-6-11(9)21-12)16-15-18-17-14(22-15)10-5-3-7-20-10/h3,5,7-8H,1-2,4,6H2,(H,16,18,19). The highest BCUT2D eigenvalue weighted by atomic mass is 32.1. The zero-order valence-corrected chi connectivity index (χ0v) is 13.3.